The molecule has 7 nitrogen and oxygen atoms in total. The van der Waals surface area contributed by atoms with Gasteiger partial charge in [-0.25, -0.2) is 0 Å². The van der Waals surface area contributed by atoms with Crippen molar-refractivity contribution in [3.05, 3.63) is 0 Å². The Bertz CT molecular complexity index is 278. The number of carboxylic acids is 3. The number of carboxylic acid groups (broad SMARTS) is 3. The molecule has 0 aliphatic rings. The van der Waals surface area contributed by atoms with E-state index in [1.54, 1.807) is 0 Å². The molecule has 7 heteroatoms. The first-order valence-corrected chi connectivity index (χ1v) is 5.33. The average molecular weight is 247 g/mol. The van der Waals surface area contributed by atoms with Crippen LogP contribution in [-0.4, -0.2) is 45.8 Å². The van der Waals surface area contributed by atoms with Crippen LogP contribution < -0.4 is 5.32 Å². The zero-order valence-corrected chi connectivity index (χ0v) is 9.39. The fraction of sp³-hybridized carbons (Fsp3) is 0.700. The molecule has 0 aliphatic carbocycles. The van der Waals surface area contributed by atoms with Gasteiger partial charge in [-0.2, -0.15) is 0 Å². The number of nitrogens with one attached hydrogen (secondary N) is 1. The van der Waals surface area contributed by atoms with Gasteiger partial charge in [0.25, 0.3) is 0 Å². The Kier molecular flexibility index (Phi) is 7.70. The SMILES string of the molecule is O=C(O)CCCCCN[C@@H](CC(=O)O)C(=O)O. The van der Waals surface area contributed by atoms with Gasteiger partial charge in [-0.1, -0.05) is 6.42 Å². The third kappa shape index (κ3) is 9.31. The minimum atomic E-state index is -1.20. The molecule has 1 atom stereocenters. The highest BCUT2D eigenvalue weighted by Gasteiger charge is 2.19. The van der Waals surface area contributed by atoms with Crippen LogP contribution in [0.3, 0.4) is 0 Å². The summed E-state index contributed by atoms with van der Waals surface area (Å²) in [7, 11) is 0. The maximum atomic E-state index is 10.6. The van der Waals surface area contributed by atoms with Crippen LogP contribution in [0, 0.1) is 0 Å². The quantitative estimate of drug-likeness (QED) is 0.405. The van der Waals surface area contributed by atoms with E-state index in [-0.39, 0.29) is 6.42 Å². The van der Waals surface area contributed by atoms with Gasteiger partial charge in [0.15, 0.2) is 0 Å². The molecule has 0 aromatic rings. The molecule has 0 unspecified atom stereocenters. The number of hydrogen-bond donors (Lipinski definition) is 4. The highest BCUT2D eigenvalue weighted by Crippen LogP contribution is 2.00. The van der Waals surface area contributed by atoms with Crippen molar-refractivity contribution in [1.82, 2.24) is 5.32 Å². The van der Waals surface area contributed by atoms with Crippen LogP contribution in [0.5, 0.6) is 0 Å². The fourth-order valence-electron chi connectivity index (χ4n) is 1.28. The zero-order chi connectivity index (χ0) is 13.3. The molecule has 0 heterocycles. The number of rotatable bonds is 10. The van der Waals surface area contributed by atoms with E-state index in [0.29, 0.717) is 25.8 Å². The third-order valence-corrected chi connectivity index (χ3v) is 2.13. The lowest BCUT2D eigenvalue weighted by atomic mass is 10.1. The first-order chi connectivity index (χ1) is 7.93. The van der Waals surface area contributed by atoms with E-state index in [1.165, 1.54) is 0 Å². The predicted molar refractivity (Wildman–Crippen MR) is 57.8 cm³/mol. The van der Waals surface area contributed by atoms with Gasteiger partial charge < -0.3 is 20.6 Å². The van der Waals surface area contributed by atoms with Crippen molar-refractivity contribution in [2.45, 2.75) is 38.1 Å². The smallest absolute Gasteiger partial charge is 0.321 e. The van der Waals surface area contributed by atoms with Gasteiger partial charge in [0.1, 0.15) is 6.04 Å². The molecule has 0 saturated carbocycles. The molecule has 0 radical (unpaired) electrons. The van der Waals surface area contributed by atoms with Gasteiger partial charge in [0, 0.05) is 6.42 Å². The van der Waals surface area contributed by atoms with Crippen molar-refractivity contribution in [1.29, 1.82) is 0 Å². The Labute approximate surface area is 98.4 Å². The lowest BCUT2D eigenvalue weighted by Gasteiger charge is -2.11. The molecule has 0 rings (SSSR count). The molecule has 0 fully saturated rings. The molecule has 4 N–H and O–H groups in total. The van der Waals surface area contributed by atoms with Gasteiger partial charge in [0.2, 0.25) is 0 Å². The standard InChI is InChI=1S/C10H17NO6/c12-8(13)4-2-1-3-5-11-7(10(16)17)6-9(14)15/h7,11H,1-6H2,(H,12,13)(H,14,15)(H,16,17)/t7-/m0/s1. The Morgan fingerprint density at radius 3 is 2.06 bits per heavy atom. The summed E-state index contributed by atoms with van der Waals surface area (Å²) in [6, 6.07) is -1.09. The molecule has 98 valence electrons. The van der Waals surface area contributed by atoms with E-state index < -0.39 is 30.4 Å². The number of carbonyl (C=O) groups is 3. The van der Waals surface area contributed by atoms with Crippen LogP contribution in [-0.2, 0) is 14.4 Å². The van der Waals surface area contributed by atoms with Gasteiger partial charge in [-0.05, 0) is 19.4 Å². The summed E-state index contributed by atoms with van der Waals surface area (Å²) in [5.41, 5.74) is 0. The molecule has 17 heavy (non-hydrogen) atoms. The Hall–Kier alpha value is -1.63. The van der Waals surface area contributed by atoms with Crippen LogP contribution in [0.2, 0.25) is 0 Å². The summed E-state index contributed by atoms with van der Waals surface area (Å²) in [5.74, 6) is -3.22. The summed E-state index contributed by atoms with van der Waals surface area (Å²) >= 11 is 0. The average Bonchev–Trinajstić information content (AvgIpc) is 2.20. The first-order valence-electron chi connectivity index (χ1n) is 5.33. The Balaban J connectivity index is 3.65. The number of unbranched alkanes of at least 4 members (excludes halogenated alkanes) is 2. The van der Waals surface area contributed by atoms with E-state index in [2.05, 4.69) is 5.32 Å². The Morgan fingerprint density at radius 2 is 1.59 bits per heavy atom. The van der Waals surface area contributed by atoms with Crippen molar-refractivity contribution < 1.29 is 29.7 Å². The molecular formula is C10H17NO6. The van der Waals surface area contributed by atoms with Crippen LogP contribution in [0.25, 0.3) is 0 Å². The monoisotopic (exact) mass is 247 g/mol. The van der Waals surface area contributed by atoms with Crippen LogP contribution in [0.15, 0.2) is 0 Å². The second-order valence-corrected chi connectivity index (χ2v) is 3.65. The first kappa shape index (κ1) is 15.4. The minimum absolute atomic E-state index is 0.0947. The van der Waals surface area contributed by atoms with E-state index in [4.69, 9.17) is 15.3 Å². The summed E-state index contributed by atoms with van der Waals surface area (Å²) in [4.78, 5) is 31.2. The molecular weight excluding hydrogens is 230 g/mol. The maximum absolute atomic E-state index is 10.6. The molecule has 0 aromatic carbocycles. The molecule has 0 aromatic heterocycles. The van der Waals surface area contributed by atoms with Crippen LogP contribution in [0.4, 0.5) is 0 Å². The van der Waals surface area contributed by atoms with E-state index in [9.17, 15) is 14.4 Å². The highest BCUT2D eigenvalue weighted by atomic mass is 16.4. The summed E-state index contributed by atoms with van der Waals surface area (Å²) in [6.07, 6.45) is 1.45. The summed E-state index contributed by atoms with van der Waals surface area (Å²) in [5, 5.41) is 28.1. The van der Waals surface area contributed by atoms with Crippen molar-refractivity contribution in [2.24, 2.45) is 0 Å². The van der Waals surface area contributed by atoms with Crippen molar-refractivity contribution in [2.75, 3.05) is 6.54 Å². The van der Waals surface area contributed by atoms with Gasteiger partial charge in [-0.3, -0.25) is 14.4 Å². The molecule has 0 saturated heterocycles. The maximum Gasteiger partial charge on any atom is 0.321 e. The predicted octanol–water partition coefficient (Wildman–Crippen LogP) is 0.149. The lowest BCUT2D eigenvalue weighted by Crippen LogP contribution is -2.39. The second kappa shape index (κ2) is 8.51. The van der Waals surface area contributed by atoms with E-state index in [0.717, 1.165) is 0 Å². The van der Waals surface area contributed by atoms with Crippen LogP contribution >= 0.6 is 0 Å². The number of aliphatic carboxylic acids is 3. The molecule has 0 bridgehead atoms. The summed E-state index contributed by atoms with van der Waals surface area (Å²) < 4.78 is 0. The van der Waals surface area contributed by atoms with Crippen LogP contribution in [0.1, 0.15) is 32.1 Å². The second-order valence-electron chi connectivity index (χ2n) is 3.65. The molecule has 0 spiro atoms. The normalized spacial score (nSPS) is 12.0. The molecule has 0 aliphatic heterocycles. The highest BCUT2D eigenvalue weighted by molar-refractivity contribution is 5.80. The van der Waals surface area contributed by atoms with Gasteiger partial charge in [0.05, 0.1) is 6.42 Å². The minimum Gasteiger partial charge on any atom is -0.481 e. The van der Waals surface area contributed by atoms with Crippen molar-refractivity contribution in [3.8, 4) is 0 Å². The third-order valence-electron chi connectivity index (χ3n) is 2.13. The topological polar surface area (TPSA) is 124 Å². The zero-order valence-electron chi connectivity index (χ0n) is 9.39. The summed E-state index contributed by atoms with van der Waals surface area (Å²) in [6.45, 7) is 0.365. The van der Waals surface area contributed by atoms with E-state index >= 15 is 0 Å². The number of hydrogen-bond acceptors (Lipinski definition) is 4. The Morgan fingerprint density at radius 1 is 0.941 bits per heavy atom. The largest absolute Gasteiger partial charge is 0.481 e. The van der Waals surface area contributed by atoms with Crippen molar-refractivity contribution in [3.63, 3.8) is 0 Å². The lowest BCUT2D eigenvalue weighted by molar-refractivity contribution is -0.145. The molecule has 0 amide bonds. The van der Waals surface area contributed by atoms with E-state index in [1.807, 2.05) is 0 Å². The van der Waals surface area contributed by atoms with Gasteiger partial charge >= 0.3 is 17.9 Å². The fourth-order valence-corrected chi connectivity index (χ4v) is 1.28. The van der Waals surface area contributed by atoms with Gasteiger partial charge in [-0.15, -0.1) is 0 Å². The van der Waals surface area contributed by atoms with Crippen molar-refractivity contribution >= 4 is 17.9 Å².